The maximum atomic E-state index is 12.9. The van der Waals surface area contributed by atoms with Gasteiger partial charge in [-0.1, -0.05) is 60.4 Å². The molecule has 1 heterocycles. The molecule has 33 heavy (non-hydrogen) atoms. The number of hydrogen-bond donors (Lipinski definition) is 0. The zero-order chi connectivity index (χ0) is 23.4. The first-order chi connectivity index (χ1) is 16.0. The molecule has 1 saturated heterocycles. The van der Waals surface area contributed by atoms with E-state index in [4.69, 9.17) is 21.7 Å². The van der Waals surface area contributed by atoms with Crippen LogP contribution in [0.2, 0.25) is 0 Å². The molecular formula is C24H18N2O5S2. The van der Waals surface area contributed by atoms with E-state index in [1.54, 1.807) is 36.4 Å². The Morgan fingerprint density at radius 2 is 1.85 bits per heavy atom. The number of amides is 1. The van der Waals surface area contributed by atoms with Gasteiger partial charge < -0.3 is 9.47 Å². The Morgan fingerprint density at radius 1 is 1.06 bits per heavy atom. The highest BCUT2D eigenvalue weighted by Gasteiger charge is 2.33. The van der Waals surface area contributed by atoms with Crippen LogP contribution in [0.15, 0.2) is 77.7 Å². The van der Waals surface area contributed by atoms with Crippen molar-refractivity contribution in [1.82, 2.24) is 0 Å². The fourth-order valence-corrected chi connectivity index (χ4v) is 4.53. The average molecular weight is 479 g/mol. The minimum absolute atomic E-state index is 0.00577. The van der Waals surface area contributed by atoms with Gasteiger partial charge in [-0.15, -0.1) is 0 Å². The number of nitro groups is 1. The Hall–Kier alpha value is -3.69. The Morgan fingerprint density at radius 3 is 2.58 bits per heavy atom. The van der Waals surface area contributed by atoms with Gasteiger partial charge in [0.25, 0.3) is 11.6 Å². The number of thioether (sulfide) groups is 1. The molecule has 0 bridgehead atoms. The first kappa shape index (κ1) is 22.5. The predicted octanol–water partition coefficient (Wildman–Crippen LogP) is 5.59. The number of carbonyl (C=O) groups is 1. The Bertz CT molecular complexity index is 1260. The van der Waals surface area contributed by atoms with E-state index in [9.17, 15) is 14.9 Å². The molecule has 1 aliphatic rings. The van der Waals surface area contributed by atoms with Crippen LogP contribution in [-0.4, -0.2) is 22.3 Å². The van der Waals surface area contributed by atoms with E-state index in [1.165, 1.54) is 35.9 Å². The zero-order valence-electron chi connectivity index (χ0n) is 17.5. The number of benzene rings is 3. The highest BCUT2D eigenvalue weighted by atomic mass is 32.2. The van der Waals surface area contributed by atoms with Gasteiger partial charge in [-0.2, -0.15) is 0 Å². The van der Waals surface area contributed by atoms with Crippen molar-refractivity contribution in [3.63, 3.8) is 0 Å². The van der Waals surface area contributed by atoms with E-state index >= 15 is 0 Å². The fraction of sp³-hybridized carbons (Fsp3) is 0.0833. The van der Waals surface area contributed by atoms with Crippen LogP contribution in [0.1, 0.15) is 11.1 Å². The van der Waals surface area contributed by atoms with Gasteiger partial charge in [-0.25, -0.2) is 0 Å². The lowest BCUT2D eigenvalue weighted by molar-refractivity contribution is -0.384. The summed E-state index contributed by atoms with van der Waals surface area (Å²) in [7, 11) is 1.52. The monoisotopic (exact) mass is 478 g/mol. The van der Waals surface area contributed by atoms with Crippen LogP contribution in [0.5, 0.6) is 11.5 Å². The average Bonchev–Trinajstić information content (AvgIpc) is 3.11. The molecule has 0 saturated carbocycles. The van der Waals surface area contributed by atoms with Crippen molar-refractivity contribution in [3.05, 3.63) is 98.9 Å². The molecule has 166 valence electrons. The van der Waals surface area contributed by atoms with E-state index in [2.05, 4.69) is 0 Å². The van der Waals surface area contributed by atoms with Crippen LogP contribution < -0.4 is 14.4 Å². The van der Waals surface area contributed by atoms with Crippen LogP contribution >= 0.6 is 24.0 Å². The number of nitrogens with zero attached hydrogens (tertiary/aromatic N) is 2. The molecule has 0 radical (unpaired) electrons. The summed E-state index contributed by atoms with van der Waals surface area (Å²) in [6.45, 7) is 0.146. The second kappa shape index (κ2) is 9.85. The lowest BCUT2D eigenvalue weighted by atomic mass is 10.1. The summed E-state index contributed by atoms with van der Waals surface area (Å²) in [6, 6.07) is 20.8. The van der Waals surface area contributed by atoms with Gasteiger partial charge >= 0.3 is 0 Å². The number of para-hydroxylation sites is 1. The molecule has 0 aliphatic carbocycles. The number of methoxy groups -OCH3 is 1. The van der Waals surface area contributed by atoms with E-state index < -0.39 is 4.92 Å². The molecule has 9 heteroatoms. The lowest BCUT2D eigenvalue weighted by Crippen LogP contribution is -2.27. The normalized spacial score (nSPS) is 14.6. The van der Waals surface area contributed by atoms with Gasteiger partial charge in [-0.3, -0.25) is 19.8 Å². The molecule has 0 atom stereocenters. The highest BCUT2D eigenvalue weighted by Crippen LogP contribution is 2.37. The molecule has 4 rings (SSSR count). The molecule has 7 nitrogen and oxygen atoms in total. The van der Waals surface area contributed by atoms with Crippen LogP contribution in [0.3, 0.4) is 0 Å². The largest absolute Gasteiger partial charge is 0.493 e. The second-order valence-electron chi connectivity index (χ2n) is 6.98. The Balaban J connectivity index is 1.52. The van der Waals surface area contributed by atoms with Crippen molar-refractivity contribution < 1.29 is 19.2 Å². The van der Waals surface area contributed by atoms with Crippen molar-refractivity contribution in [2.75, 3.05) is 12.0 Å². The Labute approximate surface area is 199 Å². The van der Waals surface area contributed by atoms with Crippen molar-refractivity contribution in [2.45, 2.75) is 6.61 Å². The smallest absolute Gasteiger partial charge is 0.270 e. The maximum Gasteiger partial charge on any atom is 0.270 e. The first-order valence-corrected chi connectivity index (χ1v) is 11.1. The molecule has 0 unspecified atom stereocenters. The van der Waals surface area contributed by atoms with Gasteiger partial charge in [0.1, 0.15) is 6.61 Å². The number of nitro benzene ring substituents is 1. The predicted molar refractivity (Wildman–Crippen MR) is 133 cm³/mol. The number of rotatable bonds is 7. The van der Waals surface area contributed by atoms with Crippen LogP contribution in [0, 0.1) is 10.1 Å². The van der Waals surface area contributed by atoms with Crippen LogP contribution in [-0.2, 0) is 11.4 Å². The Kier molecular flexibility index (Phi) is 6.71. The van der Waals surface area contributed by atoms with Crippen molar-refractivity contribution >= 4 is 51.7 Å². The third-order valence-corrected chi connectivity index (χ3v) is 6.11. The second-order valence-corrected chi connectivity index (χ2v) is 8.65. The zero-order valence-corrected chi connectivity index (χ0v) is 19.1. The number of non-ortho nitro benzene ring substituents is 1. The molecule has 1 amide bonds. The number of hydrogen-bond acceptors (Lipinski definition) is 7. The third kappa shape index (κ3) is 5.05. The molecule has 1 aliphatic heterocycles. The molecule has 3 aromatic rings. The minimum atomic E-state index is -0.445. The van der Waals surface area contributed by atoms with Gasteiger partial charge in [0.2, 0.25) is 0 Å². The number of anilines is 1. The summed E-state index contributed by atoms with van der Waals surface area (Å²) in [6.07, 6.45) is 1.76. The van der Waals surface area contributed by atoms with Crippen LogP contribution in [0.4, 0.5) is 11.4 Å². The van der Waals surface area contributed by atoms with E-state index in [-0.39, 0.29) is 18.2 Å². The maximum absolute atomic E-state index is 12.9. The van der Waals surface area contributed by atoms with Crippen molar-refractivity contribution in [1.29, 1.82) is 0 Å². The van der Waals surface area contributed by atoms with E-state index in [0.29, 0.717) is 26.3 Å². The number of thiocarbonyl (C=S) groups is 1. The summed E-state index contributed by atoms with van der Waals surface area (Å²) in [5.41, 5.74) is 2.15. The van der Waals surface area contributed by atoms with E-state index in [1.807, 2.05) is 30.3 Å². The summed E-state index contributed by atoms with van der Waals surface area (Å²) < 4.78 is 11.7. The molecule has 3 aromatic carbocycles. The summed E-state index contributed by atoms with van der Waals surface area (Å²) >= 11 is 6.65. The quantitative estimate of drug-likeness (QED) is 0.190. The SMILES string of the molecule is COc1cc(/C=C2/SC(=S)N(c3ccccc3)C2=O)ccc1OCc1cccc([N+](=O)[O-])c1. The topological polar surface area (TPSA) is 81.9 Å². The standard InChI is InChI=1S/C24H18N2O5S2/c1-30-21-13-16(10-11-20(21)31-15-17-6-5-9-19(12-17)26(28)29)14-22-23(27)25(24(32)33-22)18-7-3-2-4-8-18/h2-14H,15H2,1H3/b22-14+. The first-order valence-electron chi connectivity index (χ1n) is 9.83. The third-order valence-electron chi connectivity index (χ3n) is 4.81. The van der Waals surface area contributed by atoms with Gasteiger partial charge in [0, 0.05) is 12.1 Å². The lowest BCUT2D eigenvalue weighted by Gasteiger charge is -2.14. The van der Waals surface area contributed by atoms with Gasteiger partial charge in [-0.05, 0) is 41.5 Å². The molecule has 0 aromatic heterocycles. The molecular weight excluding hydrogens is 460 g/mol. The van der Waals surface area contributed by atoms with Gasteiger partial charge in [0.05, 0.1) is 22.6 Å². The fourth-order valence-electron chi connectivity index (χ4n) is 3.23. The molecule has 0 spiro atoms. The summed E-state index contributed by atoms with van der Waals surface area (Å²) in [5.74, 6) is 0.784. The molecule has 1 fully saturated rings. The minimum Gasteiger partial charge on any atom is -0.493 e. The number of ether oxygens (including phenoxy) is 2. The number of carbonyl (C=O) groups excluding carboxylic acids is 1. The van der Waals surface area contributed by atoms with E-state index in [0.717, 1.165) is 11.3 Å². The van der Waals surface area contributed by atoms with Crippen LogP contribution in [0.25, 0.3) is 6.08 Å². The summed E-state index contributed by atoms with van der Waals surface area (Å²) in [4.78, 5) is 25.5. The van der Waals surface area contributed by atoms with Gasteiger partial charge in [0.15, 0.2) is 15.8 Å². The highest BCUT2D eigenvalue weighted by molar-refractivity contribution is 8.27. The van der Waals surface area contributed by atoms with Crippen molar-refractivity contribution in [3.8, 4) is 11.5 Å². The molecule has 0 N–H and O–H groups in total. The van der Waals surface area contributed by atoms with Crippen molar-refractivity contribution in [2.24, 2.45) is 0 Å². The summed E-state index contributed by atoms with van der Waals surface area (Å²) in [5, 5.41) is 11.0.